The molecule has 1 fully saturated rings. The molecule has 1 aromatic heterocycles. The molecule has 1 aliphatic rings. The highest BCUT2D eigenvalue weighted by Crippen LogP contribution is 2.20. The van der Waals surface area contributed by atoms with E-state index in [2.05, 4.69) is 43.2 Å². The quantitative estimate of drug-likeness (QED) is 0.815. The van der Waals surface area contributed by atoms with Gasteiger partial charge in [0, 0.05) is 24.0 Å². The van der Waals surface area contributed by atoms with Gasteiger partial charge in [0.05, 0.1) is 0 Å². The summed E-state index contributed by atoms with van der Waals surface area (Å²) in [5.74, 6) is 0.522. The van der Waals surface area contributed by atoms with Crippen LogP contribution >= 0.6 is 0 Å². The van der Waals surface area contributed by atoms with E-state index in [-0.39, 0.29) is 0 Å². The van der Waals surface area contributed by atoms with Crippen molar-refractivity contribution in [2.75, 3.05) is 0 Å². The minimum absolute atomic E-state index is 0.522. The van der Waals surface area contributed by atoms with Gasteiger partial charge in [-0.05, 0) is 37.3 Å². The van der Waals surface area contributed by atoms with Crippen molar-refractivity contribution in [3.8, 4) is 0 Å². The third-order valence-corrected chi connectivity index (χ3v) is 2.97. The molecule has 1 aliphatic carbocycles. The summed E-state index contributed by atoms with van der Waals surface area (Å²) < 4.78 is 0. The van der Waals surface area contributed by atoms with Gasteiger partial charge >= 0.3 is 0 Å². The van der Waals surface area contributed by atoms with Gasteiger partial charge in [-0.25, -0.2) is 0 Å². The summed E-state index contributed by atoms with van der Waals surface area (Å²) >= 11 is 0. The summed E-state index contributed by atoms with van der Waals surface area (Å²) in [4.78, 5) is 4.63. The molecule has 0 saturated heterocycles. The molecule has 1 N–H and O–H groups in total. The van der Waals surface area contributed by atoms with Crippen LogP contribution in [0.4, 0.5) is 0 Å². The van der Waals surface area contributed by atoms with Crippen LogP contribution in [0.25, 0.3) is 0 Å². The summed E-state index contributed by atoms with van der Waals surface area (Å²) in [5, 5.41) is 3.52. The average molecular weight is 204 g/mol. The Labute approximate surface area is 92.1 Å². The maximum absolute atomic E-state index is 4.63. The topological polar surface area (TPSA) is 24.9 Å². The van der Waals surface area contributed by atoms with Crippen molar-refractivity contribution < 1.29 is 0 Å². The van der Waals surface area contributed by atoms with Gasteiger partial charge in [-0.2, -0.15) is 0 Å². The van der Waals surface area contributed by atoms with E-state index in [1.807, 2.05) is 0 Å². The first-order valence-corrected chi connectivity index (χ1v) is 5.86. The number of hydrogen-bond donors (Lipinski definition) is 1. The van der Waals surface area contributed by atoms with Crippen LogP contribution < -0.4 is 5.32 Å². The molecule has 15 heavy (non-hydrogen) atoms. The second kappa shape index (κ2) is 4.31. The first kappa shape index (κ1) is 10.6. The van der Waals surface area contributed by atoms with Gasteiger partial charge in [-0.3, -0.25) is 4.98 Å². The fourth-order valence-corrected chi connectivity index (χ4v) is 1.66. The van der Waals surface area contributed by atoms with Gasteiger partial charge in [-0.15, -0.1) is 0 Å². The van der Waals surface area contributed by atoms with Gasteiger partial charge in [-0.1, -0.05) is 19.9 Å². The molecule has 0 amide bonds. The van der Waals surface area contributed by atoms with Crippen molar-refractivity contribution >= 4 is 0 Å². The van der Waals surface area contributed by atoms with E-state index in [0.717, 1.165) is 12.6 Å². The van der Waals surface area contributed by atoms with Gasteiger partial charge in [0.15, 0.2) is 0 Å². The molecule has 2 rings (SSSR count). The van der Waals surface area contributed by atoms with Gasteiger partial charge in [0.2, 0.25) is 0 Å². The summed E-state index contributed by atoms with van der Waals surface area (Å²) in [6, 6.07) is 5.14. The Morgan fingerprint density at radius 1 is 1.40 bits per heavy atom. The second-order valence-electron chi connectivity index (χ2n) is 4.79. The number of nitrogens with zero attached hydrogens (tertiary/aromatic N) is 1. The molecule has 1 aromatic rings. The molecule has 82 valence electrons. The smallest absolute Gasteiger partial charge is 0.0432 e. The predicted octanol–water partition coefficient (Wildman–Crippen LogP) is 2.77. The minimum Gasteiger partial charge on any atom is -0.310 e. The van der Waals surface area contributed by atoms with E-state index in [1.54, 1.807) is 0 Å². The van der Waals surface area contributed by atoms with E-state index >= 15 is 0 Å². The molecule has 0 unspecified atom stereocenters. The first-order valence-electron chi connectivity index (χ1n) is 5.86. The van der Waals surface area contributed by atoms with Crippen molar-refractivity contribution in [1.29, 1.82) is 0 Å². The third kappa shape index (κ3) is 2.78. The van der Waals surface area contributed by atoms with Crippen molar-refractivity contribution in [2.24, 2.45) is 0 Å². The molecule has 2 nitrogen and oxygen atoms in total. The molecule has 0 bridgehead atoms. The van der Waals surface area contributed by atoms with Crippen LogP contribution in [0, 0.1) is 6.92 Å². The second-order valence-corrected chi connectivity index (χ2v) is 4.79. The lowest BCUT2D eigenvalue weighted by Crippen LogP contribution is -2.16. The summed E-state index contributed by atoms with van der Waals surface area (Å²) in [6.45, 7) is 7.45. The Kier molecular flexibility index (Phi) is 3.06. The van der Waals surface area contributed by atoms with Crippen LogP contribution in [0.5, 0.6) is 0 Å². The standard InChI is InChI=1S/C13H20N2/c1-9(2)13-7-4-11(10(3)15-13)8-14-12-5-6-12/h4,7,9,12,14H,5-6,8H2,1-3H3. The fourth-order valence-electron chi connectivity index (χ4n) is 1.66. The van der Waals surface area contributed by atoms with Crippen LogP contribution in [0.15, 0.2) is 12.1 Å². The number of pyridine rings is 1. The van der Waals surface area contributed by atoms with Crippen LogP contribution in [0.2, 0.25) is 0 Å². The Bertz CT molecular complexity index is 340. The van der Waals surface area contributed by atoms with Crippen LogP contribution in [0.1, 0.15) is 49.6 Å². The van der Waals surface area contributed by atoms with E-state index in [0.29, 0.717) is 5.92 Å². The first-order chi connectivity index (χ1) is 7.16. The Morgan fingerprint density at radius 3 is 2.67 bits per heavy atom. The zero-order valence-electron chi connectivity index (χ0n) is 9.88. The number of nitrogens with one attached hydrogen (secondary N) is 1. The maximum atomic E-state index is 4.63. The van der Waals surface area contributed by atoms with Crippen molar-refractivity contribution in [2.45, 2.75) is 52.1 Å². The molecular formula is C13H20N2. The highest BCUT2D eigenvalue weighted by Gasteiger charge is 2.20. The largest absolute Gasteiger partial charge is 0.310 e. The van der Waals surface area contributed by atoms with Gasteiger partial charge < -0.3 is 5.32 Å². The van der Waals surface area contributed by atoms with Crippen molar-refractivity contribution in [3.63, 3.8) is 0 Å². The molecule has 1 heterocycles. The molecule has 0 spiro atoms. The zero-order valence-corrected chi connectivity index (χ0v) is 9.88. The van der Waals surface area contributed by atoms with Crippen molar-refractivity contribution in [1.82, 2.24) is 10.3 Å². The monoisotopic (exact) mass is 204 g/mol. The normalized spacial score (nSPS) is 16.0. The molecule has 0 atom stereocenters. The fraction of sp³-hybridized carbons (Fsp3) is 0.615. The Morgan fingerprint density at radius 2 is 2.13 bits per heavy atom. The van der Waals surface area contributed by atoms with Gasteiger partial charge in [0.1, 0.15) is 0 Å². The minimum atomic E-state index is 0.522. The van der Waals surface area contributed by atoms with Gasteiger partial charge in [0.25, 0.3) is 0 Å². The molecular weight excluding hydrogens is 184 g/mol. The van der Waals surface area contributed by atoms with Crippen LogP contribution in [-0.4, -0.2) is 11.0 Å². The SMILES string of the molecule is Cc1nc(C(C)C)ccc1CNC1CC1. The van der Waals surface area contributed by atoms with E-state index < -0.39 is 0 Å². The Balaban J connectivity index is 2.04. The highest BCUT2D eigenvalue weighted by atomic mass is 14.9. The molecule has 0 radical (unpaired) electrons. The lowest BCUT2D eigenvalue weighted by molar-refractivity contribution is 0.679. The summed E-state index contributed by atoms with van der Waals surface area (Å²) in [7, 11) is 0. The summed E-state index contributed by atoms with van der Waals surface area (Å²) in [5.41, 5.74) is 3.71. The number of hydrogen-bond acceptors (Lipinski definition) is 2. The predicted molar refractivity (Wildman–Crippen MR) is 62.9 cm³/mol. The van der Waals surface area contributed by atoms with Crippen molar-refractivity contribution in [3.05, 3.63) is 29.1 Å². The molecule has 0 aromatic carbocycles. The van der Waals surface area contributed by atoms with E-state index in [4.69, 9.17) is 0 Å². The lowest BCUT2D eigenvalue weighted by Gasteiger charge is -2.10. The van der Waals surface area contributed by atoms with Crippen LogP contribution in [0.3, 0.4) is 0 Å². The lowest BCUT2D eigenvalue weighted by atomic mass is 10.1. The van der Waals surface area contributed by atoms with E-state index in [9.17, 15) is 0 Å². The summed E-state index contributed by atoms with van der Waals surface area (Å²) in [6.07, 6.45) is 2.69. The number of rotatable bonds is 4. The molecule has 1 saturated carbocycles. The highest BCUT2D eigenvalue weighted by molar-refractivity contribution is 5.23. The molecule has 2 heteroatoms. The number of aromatic nitrogens is 1. The third-order valence-electron chi connectivity index (χ3n) is 2.97. The number of aryl methyl sites for hydroxylation is 1. The Hall–Kier alpha value is -0.890. The van der Waals surface area contributed by atoms with Crippen LogP contribution in [-0.2, 0) is 6.54 Å². The van der Waals surface area contributed by atoms with E-state index in [1.165, 1.54) is 29.8 Å². The average Bonchev–Trinajstić information content (AvgIpc) is 2.99. The maximum Gasteiger partial charge on any atom is 0.0432 e. The molecule has 0 aliphatic heterocycles. The zero-order chi connectivity index (χ0) is 10.8.